The van der Waals surface area contributed by atoms with Crippen molar-refractivity contribution in [1.29, 1.82) is 0 Å². The minimum absolute atomic E-state index is 0.409. The van der Waals surface area contributed by atoms with Crippen LogP contribution in [0.5, 0.6) is 0 Å². The highest BCUT2D eigenvalue weighted by Crippen LogP contribution is 2.21. The largest absolute Gasteiger partial charge is 0.388 e. The maximum Gasteiger partial charge on any atom is 0.129 e. The quantitative estimate of drug-likeness (QED) is 0.851. The smallest absolute Gasteiger partial charge is 0.129 e. The SMILES string of the molecule is CC(C)c1ccc(CC(O)c2ccnc(Cl)c2)cc1. The molecule has 0 aliphatic rings. The zero-order valence-electron chi connectivity index (χ0n) is 11.2. The molecule has 3 heteroatoms. The molecule has 0 spiro atoms. The van der Waals surface area contributed by atoms with Crippen molar-refractivity contribution in [3.63, 3.8) is 0 Å². The third-order valence-corrected chi connectivity index (χ3v) is 3.42. The van der Waals surface area contributed by atoms with Crippen LogP contribution in [-0.4, -0.2) is 10.1 Å². The molecule has 100 valence electrons. The predicted molar refractivity (Wildman–Crippen MR) is 78.4 cm³/mol. The van der Waals surface area contributed by atoms with Crippen LogP contribution in [0.2, 0.25) is 5.15 Å². The summed E-state index contributed by atoms with van der Waals surface area (Å²) in [6.45, 7) is 4.34. The van der Waals surface area contributed by atoms with Crippen LogP contribution in [-0.2, 0) is 6.42 Å². The highest BCUT2D eigenvalue weighted by atomic mass is 35.5. The summed E-state index contributed by atoms with van der Waals surface area (Å²) in [6.07, 6.45) is 1.65. The molecule has 1 unspecified atom stereocenters. The number of rotatable bonds is 4. The Balaban J connectivity index is 2.08. The second-order valence-corrected chi connectivity index (χ2v) is 5.42. The van der Waals surface area contributed by atoms with Crippen LogP contribution in [0.15, 0.2) is 42.6 Å². The van der Waals surface area contributed by atoms with Crippen LogP contribution in [0.3, 0.4) is 0 Å². The summed E-state index contributed by atoms with van der Waals surface area (Å²) in [7, 11) is 0. The van der Waals surface area contributed by atoms with Gasteiger partial charge in [0, 0.05) is 12.6 Å². The lowest BCUT2D eigenvalue weighted by molar-refractivity contribution is 0.178. The molecular weight excluding hydrogens is 258 g/mol. The number of aliphatic hydroxyl groups excluding tert-OH is 1. The molecule has 1 N–H and O–H groups in total. The van der Waals surface area contributed by atoms with Gasteiger partial charge in [-0.25, -0.2) is 4.98 Å². The Morgan fingerprint density at radius 1 is 1.11 bits per heavy atom. The van der Waals surface area contributed by atoms with E-state index in [0.29, 0.717) is 17.5 Å². The summed E-state index contributed by atoms with van der Waals surface area (Å²) in [6, 6.07) is 11.9. The average molecular weight is 276 g/mol. The Kier molecular flexibility index (Phi) is 4.56. The van der Waals surface area contributed by atoms with Crippen molar-refractivity contribution in [3.05, 3.63) is 64.4 Å². The summed E-state index contributed by atoms with van der Waals surface area (Å²) >= 11 is 5.83. The molecule has 1 atom stereocenters. The second-order valence-electron chi connectivity index (χ2n) is 5.03. The van der Waals surface area contributed by atoms with E-state index < -0.39 is 6.10 Å². The zero-order valence-corrected chi connectivity index (χ0v) is 11.9. The first-order valence-electron chi connectivity index (χ1n) is 6.44. The first-order valence-corrected chi connectivity index (χ1v) is 6.82. The minimum Gasteiger partial charge on any atom is -0.388 e. The van der Waals surface area contributed by atoms with E-state index in [1.165, 1.54) is 5.56 Å². The number of hydrogen-bond donors (Lipinski definition) is 1. The number of nitrogens with zero attached hydrogens (tertiary/aromatic N) is 1. The third kappa shape index (κ3) is 3.79. The molecule has 0 fully saturated rings. The summed E-state index contributed by atoms with van der Waals surface area (Å²) in [5, 5.41) is 10.6. The molecule has 0 amide bonds. The van der Waals surface area contributed by atoms with E-state index >= 15 is 0 Å². The molecule has 2 aromatic rings. The van der Waals surface area contributed by atoms with Gasteiger partial charge in [0.1, 0.15) is 5.15 Å². The van der Waals surface area contributed by atoms with Crippen LogP contribution in [0.1, 0.15) is 42.6 Å². The molecular formula is C16H18ClNO. The van der Waals surface area contributed by atoms with E-state index in [4.69, 9.17) is 11.6 Å². The van der Waals surface area contributed by atoms with E-state index in [2.05, 4.69) is 43.1 Å². The Morgan fingerprint density at radius 3 is 2.37 bits per heavy atom. The lowest BCUT2D eigenvalue weighted by Crippen LogP contribution is -2.02. The van der Waals surface area contributed by atoms with Gasteiger partial charge in [-0.15, -0.1) is 0 Å². The molecule has 0 radical (unpaired) electrons. The predicted octanol–water partition coefficient (Wildman–Crippen LogP) is 4.13. The number of aliphatic hydroxyl groups is 1. The highest BCUT2D eigenvalue weighted by Gasteiger charge is 2.09. The molecule has 2 nitrogen and oxygen atoms in total. The van der Waals surface area contributed by atoms with Gasteiger partial charge < -0.3 is 5.11 Å². The number of benzene rings is 1. The topological polar surface area (TPSA) is 33.1 Å². The first-order chi connectivity index (χ1) is 9.06. The first kappa shape index (κ1) is 14.0. The summed E-state index contributed by atoms with van der Waals surface area (Å²) in [5.41, 5.74) is 3.22. The van der Waals surface area contributed by atoms with Gasteiger partial charge in [0.15, 0.2) is 0 Å². The maximum absolute atomic E-state index is 10.2. The number of hydrogen-bond acceptors (Lipinski definition) is 2. The second kappa shape index (κ2) is 6.18. The van der Waals surface area contributed by atoms with Crippen molar-refractivity contribution in [2.24, 2.45) is 0 Å². The van der Waals surface area contributed by atoms with Gasteiger partial charge >= 0.3 is 0 Å². The van der Waals surface area contributed by atoms with Crippen molar-refractivity contribution in [2.75, 3.05) is 0 Å². The molecule has 1 heterocycles. The monoisotopic (exact) mass is 275 g/mol. The molecule has 0 saturated heterocycles. The summed E-state index contributed by atoms with van der Waals surface area (Å²) in [4.78, 5) is 3.91. The fraction of sp³-hybridized carbons (Fsp3) is 0.312. The van der Waals surface area contributed by atoms with Gasteiger partial charge in [-0.3, -0.25) is 0 Å². The highest BCUT2D eigenvalue weighted by molar-refractivity contribution is 6.29. The Labute approximate surface area is 119 Å². The molecule has 0 saturated carbocycles. The van der Waals surface area contributed by atoms with Crippen molar-refractivity contribution >= 4 is 11.6 Å². The van der Waals surface area contributed by atoms with Crippen molar-refractivity contribution in [1.82, 2.24) is 4.98 Å². The van der Waals surface area contributed by atoms with Gasteiger partial charge in [0.05, 0.1) is 6.10 Å². The van der Waals surface area contributed by atoms with Gasteiger partial charge in [0.2, 0.25) is 0 Å². The van der Waals surface area contributed by atoms with Crippen LogP contribution in [0.25, 0.3) is 0 Å². The van der Waals surface area contributed by atoms with Crippen molar-refractivity contribution in [3.8, 4) is 0 Å². The van der Waals surface area contributed by atoms with Gasteiger partial charge in [-0.2, -0.15) is 0 Å². The molecule has 0 aliphatic heterocycles. The van der Waals surface area contributed by atoms with E-state index in [0.717, 1.165) is 11.1 Å². The molecule has 2 rings (SSSR count). The van der Waals surface area contributed by atoms with E-state index in [-0.39, 0.29) is 0 Å². The van der Waals surface area contributed by atoms with Gasteiger partial charge in [0.25, 0.3) is 0 Å². The molecule has 1 aromatic carbocycles. The van der Waals surface area contributed by atoms with Gasteiger partial charge in [-0.1, -0.05) is 49.7 Å². The molecule has 1 aromatic heterocycles. The number of pyridine rings is 1. The van der Waals surface area contributed by atoms with E-state index in [9.17, 15) is 5.11 Å². The van der Waals surface area contributed by atoms with E-state index in [1.807, 2.05) is 0 Å². The zero-order chi connectivity index (χ0) is 13.8. The van der Waals surface area contributed by atoms with Crippen LogP contribution < -0.4 is 0 Å². The number of halogens is 1. The third-order valence-electron chi connectivity index (χ3n) is 3.21. The minimum atomic E-state index is -0.551. The fourth-order valence-corrected chi connectivity index (χ4v) is 2.19. The number of aromatic nitrogens is 1. The standard InChI is InChI=1S/C16H18ClNO/c1-11(2)13-5-3-12(4-6-13)9-15(19)14-7-8-18-16(17)10-14/h3-8,10-11,15,19H,9H2,1-2H3. The fourth-order valence-electron chi connectivity index (χ4n) is 2.00. The van der Waals surface area contributed by atoms with Crippen molar-refractivity contribution in [2.45, 2.75) is 32.3 Å². The molecule has 0 bridgehead atoms. The normalized spacial score (nSPS) is 12.7. The van der Waals surface area contributed by atoms with E-state index in [1.54, 1.807) is 18.3 Å². The average Bonchev–Trinajstić information content (AvgIpc) is 2.39. The molecule has 19 heavy (non-hydrogen) atoms. The Morgan fingerprint density at radius 2 is 1.79 bits per heavy atom. The summed E-state index contributed by atoms with van der Waals surface area (Å²) in [5.74, 6) is 0.526. The lowest BCUT2D eigenvalue weighted by Gasteiger charge is -2.12. The summed E-state index contributed by atoms with van der Waals surface area (Å²) < 4.78 is 0. The van der Waals surface area contributed by atoms with Gasteiger partial charge in [-0.05, 0) is 34.7 Å². The van der Waals surface area contributed by atoms with Crippen LogP contribution in [0.4, 0.5) is 0 Å². The maximum atomic E-state index is 10.2. The Hall–Kier alpha value is -1.38. The van der Waals surface area contributed by atoms with Crippen molar-refractivity contribution < 1.29 is 5.11 Å². The van der Waals surface area contributed by atoms with Crippen LogP contribution >= 0.6 is 11.6 Å². The Bertz CT molecular complexity index is 537. The lowest BCUT2D eigenvalue weighted by atomic mass is 9.98. The molecule has 0 aliphatic carbocycles. The van der Waals surface area contributed by atoms with Crippen LogP contribution in [0, 0.1) is 0 Å².